The van der Waals surface area contributed by atoms with E-state index in [1.165, 1.54) is 4.68 Å². The van der Waals surface area contributed by atoms with Gasteiger partial charge in [0.05, 0.1) is 16.1 Å². The smallest absolute Gasteiger partial charge is 0.314 e. The molecule has 5 nitrogen and oxygen atoms in total. The number of aliphatic imine (C=N–C) groups is 1. The first-order valence-electron chi connectivity index (χ1n) is 6.36. The van der Waals surface area contributed by atoms with Gasteiger partial charge >= 0.3 is 5.97 Å². The predicted molar refractivity (Wildman–Crippen MR) is 80.7 cm³/mol. The number of rotatable bonds is 2. The van der Waals surface area contributed by atoms with E-state index < -0.39 is 23.9 Å². The Balaban J connectivity index is 2.21. The Labute approximate surface area is 135 Å². The van der Waals surface area contributed by atoms with Crippen molar-refractivity contribution < 1.29 is 14.3 Å². The van der Waals surface area contributed by atoms with Gasteiger partial charge in [0.2, 0.25) is 5.95 Å². The maximum Gasteiger partial charge on any atom is 0.314 e. The van der Waals surface area contributed by atoms with Crippen molar-refractivity contribution >= 4 is 40.7 Å². The molecule has 0 saturated heterocycles. The predicted octanol–water partition coefficient (Wildman–Crippen LogP) is 3.73. The van der Waals surface area contributed by atoms with Crippen molar-refractivity contribution in [1.29, 1.82) is 0 Å². The average Bonchev–Trinajstić information content (AvgIpc) is 2.79. The molecular weight excluding hydrogens is 332 g/mol. The number of benzene rings is 1. The van der Waals surface area contributed by atoms with Crippen LogP contribution in [0, 0.1) is 11.9 Å². The highest BCUT2D eigenvalue weighted by atomic mass is 35.5. The topological polar surface area (TPSA) is 67.5 Å². The summed E-state index contributed by atoms with van der Waals surface area (Å²) in [5, 5.41) is 13.9. The number of aliphatic carboxylic acids is 1. The number of hydrogen-bond donors (Lipinski definition) is 1. The van der Waals surface area contributed by atoms with E-state index in [1.54, 1.807) is 25.1 Å². The molecule has 0 bridgehead atoms. The molecule has 1 N–H and O–H groups in total. The number of aromatic nitrogens is 2. The number of hydrogen-bond acceptors (Lipinski definition) is 3. The minimum atomic E-state index is -1.07. The second-order valence-electron chi connectivity index (χ2n) is 4.96. The Morgan fingerprint density at radius 1 is 1.32 bits per heavy atom. The van der Waals surface area contributed by atoms with Crippen LogP contribution in [-0.2, 0) is 4.79 Å². The van der Waals surface area contributed by atoms with E-state index >= 15 is 0 Å². The maximum atomic E-state index is 13.5. The Kier molecular flexibility index (Phi) is 3.66. The van der Waals surface area contributed by atoms with E-state index in [0.717, 1.165) is 6.07 Å². The highest BCUT2D eigenvalue weighted by Gasteiger charge is 2.38. The Bertz CT molecular complexity index is 803. The molecule has 0 amide bonds. The minimum absolute atomic E-state index is 0.267. The van der Waals surface area contributed by atoms with E-state index in [-0.39, 0.29) is 10.8 Å². The molecule has 1 aromatic heterocycles. The molecule has 8 heteroatoms. The molecule has 2 atom stereocenters. The van der Waals surface area contributed by atoms with Gasteiger partial charge in [0.15, 0.2) is 5.82 Å². The summed E-state index contributed by atoms with van der Waals surface area (Å²) in [6, 6.07) is 5.19. The van der Waals surface area contributed by atoms with E-state index in [4.69, 9.17) is 23.2 Å². The largest absolute Gasteiger partial charge is 0.481 e. The quantitative estimate of drug-likeness (QED) is 0.904. The summed E-state index contributed by atoms with van der Waals surface area (Å²) in [5.41, 5.74) is 0.941. The van der Waals surface area contributed by atoms with Gasteiger partial charge in [-0.25, -0.2) is 9.67 Å². The molecule has 22 heavy (non-hydrogen) atoms. The van der Waals surface area contributed by atoms with Crippen molar-refractivity contribution in [3.8, 4) is 0 Å². The normalized spacial score (nSPS) is 20.5. The monoisotopic (exact) mass is 341 g/mol. The standard InChI is InChI=1S/C14H10Cl2FN3O2/c1-6-12(14(21)22)13(7-2-3-8(15)9(16)4-7)20-11(18-6)5-10(17)19-20/h2-5,12-13H,1H3,(H,21,22). The molecule has 0 radical (unpaired) electrons. The van der Waals surface area contributed by atoms with Gasteiger partial charge in [0.25, 0.3) is 0 Å². The van der Waals surface area contributed by atoms with Gasteiger partial charge < -0.3 is 5.11 Å². The zero-order chi connectivity index (χ0) is 16.0. The highest BCUT2D eigenvalue weighted by Crippen LogP contribution is 2.38. The van der Waals surface area contributed by atoms with Crippen LogP contribution in [0.1, 0.15) is 18.5 Å². The van der Waals surface area contributed by atoms with Crippen LogP contribution in [0.25, 0.3) is 0 Å². The third-order valence-corrected chi connectivity index (χ3v) is 4.30. The van der Waals surface area contributed by atoms with Crippen LogP contribution >= 0.6 is 23.2 Å². The summed E-state index contributed by atoms with van der Waals surface area (Å²) >= 11 is 11.9. The summed E-state index contributed by atoms with van der Waals surface area (Å²) in [5.74, 6) is -2.49. The molecule has 1 aliphatic rings. The number of carboxylic acid groups (broad SMARTS) is 1. The van der Waals surface area contributed by atoms with Crippen LogP contribution in [0.2, 0.25) is 10.0 Å². The SMILES string of the molecule is CC1=Nc2cc(F)nn2C(c2ccc(Cl)c(Cl)c2)C1C(=O)O. The van der Waals surface area contributed by atoms with Crippen LogP contribution in [0.3, 0.4) is 0 Å². The fourth-order valence-corrected chi connectivity index (χ4v) is 2.91. The van der Waals surface area contributed by atoms with Crippen LogP contribution in [0.4, 0.5) is 10.2 Å². The third kappa shape index (κ3) is 2.38. The van der Waals surface area contributed by atoms with Crippen LogP contribution < -0.4 is 0 Å². The van der Waals surface area contributed by atoms with Crippen molar-refractivity contribution in [2.45, 2.75) is 13.0 Å². The summed E-state index contributed by atoms with van der Waals surface area (Å²) in [6.45, 7) is 1.59. The number of carbonyl (C=O) groups is 1. The molecule has 1 aromatic carbocycles. The fraction of sp³-hybridized carbons (Fsp3) is 0.214. The van der Waals surface area contributed by atoms with E-state index in [1.807, 2.05) is 0 Å². The molecule has 114 valence electrons. The maximum absolute atomic E-state index is 13.5. The molecule has 1 aliphatic heterocycles. The number of nitrogens with zero attached hydrogens (tertiary/aromatic N) is 3. The molecule has 0 saturated carbocycles. The van der Waals surface area contributed by atoms with Gasteiger partial charge in [0.1, 0.15) is 5.92 Å². The van der Waals surface area contributed by atoms with Gasteiger partial charge in [-0.1, -0.05) is 29.3 Å². The van der Waals surface area contributed by atoms with Crippen molar-refractivity contribution in [2.24, 2.45) is 10.9 Å². The lowest BCUT2D eigenvalue weighted by Gasteiger charge is -2.29. The molecule has 2 unspecified atom stereocenters. The molecule has 3 rings (SSSR count). The van der Waals surface area contributed by atoms with Crippen molar-refractivity contribution in [3.63, 3.8) is 0 Å². The first-order chi connectivity index (χ1) is 10.4. The number of halogens is 3. The number of carboxylic acids is 1. The molecule has 0 fully saturated rings. The fourth-order valence-electron chi connectivity index (χ4n) is 2.61. The lowest BCUT2D eigenvalue weighted by Crippen LogP contribution is -2.35. The van der Waals surface area contributed by atoms with Crippen LogP contribution in [0.5, 0.6) is 0 Å². The Hall–Kier alpha value is -1.92. The number of fused-ring (bicyclic) bond motifs is 1. The van der Waals surface area contributed by atoms with Gasteiger partial charge in [-0.3, -0.25) is 4.79 Å². The minimum Gasteiger partial charge on any atom is -0.481 e. The van der Waals surface area contributed by atoms with Crippen molar-refractivity contribution in [1.82, 2.24) is 9.78 Å². The van der Waals surface area contributed by atoms with Crippen molar-refractivity contribution in [3.05, 3.63) is 45.8 Å². The van der Waals surface area contributed by atoms with Gasteiger partial charge in [-0.15, -0.1) is 5.10 Å². The lowest BCUT2D eigenvalue weighted by molar-refractivity contribution is -0.140. The van der Waals surface area contributed by atoms with Crippen molar-refractivity contribution in [2.75, 3.05) is 0 Å². The summed E-state index contributed by atoms with van der Waals surface area (Å²) in [7, 11) is 0. The zero-order valence-corrected chi connectivity index (χ0v) is 12.8. The van der Waals surface area contributed by atoms with E-state index in [0.29, 0.717) is 16.3 Å². The highest BCUT2D eigenvalue weighted by molar-refractivity contribution is 6.42. The van der Waals surface area contributed by atoms with E-state index in [9.17, 15) is 14.3 Å². The van der Waals surface area contributed by atoms with Crippen LogP contribution in [0.15, 0.2) is 29.3 Å². The second-order valence-corrected chi connectivity index (χ2v) is 5.77. The van der Waals surface area contributed by atoms with Gasteiger partial charge in [0, 0.05) is 11.8 Å². The molecule has 0 aliphatic carbocycles. The molecular formula is C14H10Cl2FN3O2. The Morgan fingerprint density at radius 3 is 2.68 bits per heavy atom. The second kappa shape index (κ2) is 5.37. The summed E-state index contributed by atoms with van der Waals surface area (Å²) in [6.07, 6.45) is 0. The average molecular weight is 342 g/mol. The van der Waals surface area contributed by atoms with E-state index in [2.05, 4.69) is 10.1 Å². The van der Waals surface area contributed by atoms with Crippen LogP contribution in [-0.4, -0.2) is 26.6 Å². The van der Waals surface area contributed by atoms with Gasteiger partial charge in [-0.2, -0.15) is 4.39 Å². The Morgan fingerprint density at radius 2 is 2.05 bits per heavy atom. The lowest BCUT2D eigenvalue weighted by atomic mass is 9.88. The first-order valence-corrected chi connectivity index (χ1v) is 7.12. The first kappa shape index (κ1) is 15.0. The van der Waals surface area contributed by atoms with Gasteiger partial charge in [-0.05, 0) is 24.6 Å². The summed E-state index contributed by atoms with van der Waals surface area (Å²) in [4.78, 5) is 15.8. The molecule has 2 aromatic rings. The summed E-state index contributed by atoms with van der Waals surface area (Å²) < 4.78 is 14.7. The molecule has 0 spiro atoms. The molecule has 2 heterocycles. The zero-order valence-electron chi connectivity index (χ0n) is 11.3. The third-order valence-electron chi connectivity index (χ3n) is 3.56.